The zero-order valence-electron chi connectivity index (χ0n) is 15.9. The predicted molar refractivity (Wildman–Crippen MR) is 107 cm³/mol. The number of hydrogen-bond acceptors (Lipinski definition) is 4. The van der Waals surface area contributed by atoms with Crippen LogP contribution in [0.15, 0.2) is 24.4 Å². The van der Waals surface area contributed by atoms with Crippen molar-refractivity contribution in [2.45, 2.75) is 19.3 Å². The minimum Gasteiger partial charge on any atom is -0.379 e. The van der Waals surface area contributed by atoms with Gasteiger partial charge in [0.05, 0.1) is 30.8 Å². The van der Waals surface area contributed by atoms with Crippen LogP contribution in [0, 0.1) is 0 Å². The monoisotopic (exact) mass is 379 g/mol. The molecule has 1 fully saturated rings. The van der Waals surface area contributed by atoms with Crippen LogP contribution in [0.3, 0.4) is 0 Å². The molecule has 1 aromatic carbocycles. The van der Waals surface area contributed by atoms with E-state index < -0.39 is 0 Å². The Morgan fingerprint density at radius 1 is 1.21 bits per heavy atom. The lowest BCUT2D eigenvalue weighted by atomic mass is 9.93. The number of amides is 1. The van der Waals surface area contributed by atoms with E-state index in [0.29, 0.717) is 6.54 Å². The third-order valence-corrected chi connectivity index (χ3v) is 5.82. The molecule has 0 atom stereocenters. The standard InChI is InChI=1S/C21H25N5O2/c27-21(22-6-1-7-26-8-10-28-11-9-26)14-3-5-18-17(12-14)16-4-2-15-13-23-25-19(15)20(16)24-18/h3,5,12-13,24H,1-2,4,6-11H2,(H,22,27)(H,23,25). The van der Waals surface area contributed by atoms with Gasteiger partial charge in [-0.1, -0.05) is 0 Å². The van der Waals surface area contributed by atoms with Gasteiger partial charge < -0.3 is 15.0 Å². The number of rotatable bonds is 5. The predicted octanol–water partition coefficient (Wildman–Crippen LogP) is 2.11. The molecule has 3 aromatic rings. The van der Waals surface area contributed by atoms with Crippen molar-refractivity contribution in [3.63, 3.8) is 0 Å². The fraction of sp³-hybridized carbons (Fsp3) is 0.429. The van der Waals surface area contributed by atoms with E-state index in [0.717, 1.165) is 80.0 Å². The van der Waals surface area contributed by atoms with E-state index in [9.17, 15) is 4.79 Å². The van der Waals surface area contributed by atoms with E-state index >= 15 is 0 Å². The number of nitrogens with zero attached hydrogens (tertiary/aromatic N) is 2. The third kappa shape index (κ3) is 3.21. The molecule has 7 nitrogen and oxygen atoms in total. The molecule has 146 valence electrons. The number of H-pyrrole nitrogens is 2. The Morgan fingerprint density at radius 2 is 2.11 bits per heavy atom. The van der Waals surface area contributed by atoms with Crippen molar-refractivity contribution in [1.82, 2.24) is 25.4 Å². The first-order valence-corrected chi connectivity index (χ1v) is 10.0. The van der Waals surface area contributed by atoms with Crippen LogP contribution in [-0.4, -0.2) is 65.4 Å². The summed E-state index contributed by atoms with van der Waals surface area (Å²) in [7, 11) is 0. The zero-order valence-corrected chi connectivity index (χ0v) is 15.9. The topological polar surface area (TPSA) is 86.0 Å². The molecule has 3 N–H and O–H groups in total. The number of morpholine rings is 1. The molecule has 0 spiro atoms. The summed E-state index contributed by atoms with van der Waals surface area (Å²) in [5.74, 6) is -0.00290. The fourth-order valence-corrected chi connectivity index (χ4v) is 4.27. The Bertz CT molecular complexity index is 1000. The minimum absolute atomic E-state index is 0.00290. The van der Waals surface area contributed by atoms with E-state index in [4.69, 9.17) is 4.74 Å². The first-order valence-electron chi connectivity index (χ1n) is 10.0. The highest BCUT2D eigenvalue weighted by atomic mass is 16.5. The van der Waals surface area contributed by atoms with Crippen LogP contribution in [0.1, 0.15) is 27.9 Å². The van der Waals surface area contributed by atoms with Crippen LogP contribution in [0.4, 0.5) is 0 Å². The molecule has 1 amide bonds. The van der Waals surface area contributed by atoms with Crippen molar-refractivity contribution in [2.75, 3.05) is 39.4 Å². The van der Waals surface area contributed by atoms with Crippen molar-refractivity contribution in [3.8, 4) is 11.4 Å². The zero-order chi connectivity index (χ0) is 18.9. The molecular formula is C21H25N5O2. The molecule has 3 heterocycles. The van der Waals surface area contributed by atoms with Crippen molar-refractivity contribution >= 4 is 16.8 Å². The molecule has 1 saturated heterocycles. The molecule has 0 bridgehead atoms. The van der Waals surface area contributed by atoms with Crippen molar-refractivity contribution in [2.24, 2.45) is 0 Å². The smallest absolute Gasteiger partial charge is 0.251 e. The average molecular weight is 379 g/mol. The molecule has 1 aliphatic heterocycles. The van der Waals surface area contributed by atoms with Gasteiger partial charge in [0.15, 0.2) is 0 Å². The summed E-state index contributed by atoms with van der Waals surface area (Å²) in [4.78, 5) is 18.5. The minimum atomic E-state index is -0.00290. The molecule has 7 heteroatoms. The number of carbonyl (C=O) groups excluding carboxylic acids is 1. The molecule has 1 aliphatic carbocycles. The van der Waals surface area contributed by atoms with Gasteiger partial charge in [-0.15, -0.1) is 0 Å². The second kappa shape index (κ2) is 7.41. The number of nitrogens with one attached hydrogen (secondary N) is 3. The number of aromatic amines is 2. The summed E-state index contributed by atoms with van der Waals surface area (Å²) in [6.45, 7) is 5.29. The first-order chi connectivity index (χ1) is 13.8. The SMILES string of the molecule is O=C(NCCCN1CCOCC1)c1ccc2[nH]c3c(c2c1)CCc1cn[nH]c1-3. The molecule has 0 radical (unpaired) electrons. The van der Waals surface area contributed by atoms with Crippen LogP contribution >= 0.6 is 0 Å². The summed E-state index contributed by atoms with van der Waals surface area (Å²) in [6.07, 6.45) is 4.80. The average Bonchev–Trinajstić information content (AvgIpc) is 3.35. The van der Waals surface area contributed by atoms with Gasteiger partial charge >= 0.3 is 0 Å². The van der Waals surface area contributed by atoms with E-state index in [2.05, 4.69) is 25.4 Å². The van der Waals surface area contributed by atoms with Crippen LogP contribution in [0.5, 0.6) is 0 Å². The van der Waals surface area contributed by atoms with Crippen molar-refractivity contribution in [3.05, 3.63) is 41.1 Å². The summed E-state index contributed by atoms with van der Waals surface area (Å²) in [5, 5.41) is 11.5. The van der Waals surface area contributed by atoms with Gasteiger partial charge in [-0.3, -0.25) is 14.8 Å². The lowest BCUT2D eigenvalue weighted by molar-refractivity contribution is 0.0374. The highest BCUT2D eigenvalue weighted by Gasteiger charge is 2.22. The summed E-state index contributed by atoms with van der Waals surface area (Å²) in [6, 6.07) is 5.92. The van der Waals surface area contributed by atoms with Gasteiger partial charge in [-0.25, -0.2) is 0 Å². The highest BCUT2D eigenvalue weighted by Crippen LogP contribution is 2.36. The Labute approximate surface area is 163 Å². The van der Waals surface area contributed by atoms with E-state index in [-0.39, 0.29) is 5.91 Å². The Hall–Kier alpha value is -2.64. The third-order valence-electron chi connectivity index (χ3n) is 5.82. The van der Waals surface area contributed by atoms with Gasteiger partial charge in [0.25, 0.3) is 5.91 Å². The molecule has 2 aromatic heterocycles. The van der Waals surface area contributed by atoms with Crippen LogP contribution in [-0.2, 0) is 17.6 Å². The second-order valence-electron chi connectivity index (χ2n) is 7.57. The summed E-state index contributed by atoms with van der Waals surface area (Å²) < 4.78 is 5.37. The summed E-state index contributed by atoms with van der Waals surface area (Å²) in [5.41, 5.74) is 6.49. The second-order valence-corrected chi connectivity index (χ2v) is 7.57. The van der Waals surface area contributed by atoms with Gasteiger partial charge in [-0.2, -0.15) is 5.10 Å². The van der Waals surface area contributed by atoms with Crippen molar-refractivity contribution < 1.29 is 9.53 Å². The lowest BCUT2D eigenvalue weighted by Gasteiger charge is -2.26. The number of aromatic nitrogens is 3. The van der Waals surface area contributed by atoms with Crippen LogP contribution < -0.4 is 5.32 Å². The largest absolute Gasteiger partial charge is 0.379 e. The van der Waals surface area contributed by atoms with Gasteiger partial charge in [-0.05, 0) is 55.1 Å². The molecule has 0 unspecified atom stereocenters. The Balaban J connectivity index is 1.27. The van der Waals surface area contributed by atoms with E-state index in [1.165, 1.54) is 11.1 Å². The van der Waals surface area contributed by atoms with Crippen LogP contribution in [0.2, 0.25) is 0 Å². The first kappa shape index (κ1) is 17.5. The van der Waals surface area contributed by atoms with Gasteiger partial charge in [0.1, 0.15) is 0 Å². The molecule has 5 rings (SSSR count). The Morgan fingerprint density at radius 3 is 3.00 bits per heavy atom. The van der Waals surface area contributed by atoms with E-state index in [1.54, 1.807) is 0 Å². The van der Waals surface area contributed by atoms with Gasteiger partial charge in [0.2, 0.25) is 0 Å². The number of aryl methyl sites for hydroxylation is 2. The number of fused-ring (bicyclic) bond motifs is 5. The maximum Gasteiger partial charge on any atom is 0.251 e. The normalized spacial score (nSPS) is 16.7. The highest BCUT2D eigenvalue weighted by molar-refractivity contribution is 6.00. The maximum atomic E-state index is 12.6. The number of ether oxygens (including phenoxy) is 1. The molecule has 0 saturated carbocycles. The number of hydrogen-bond donors (Lipinski definition) is 3. The van der Waals surface area contributed by atoms with E-state index in [1.807, 2.05) is 24.4 Å². The van der Waals surface area contributed by atoms with Gasteiger partial charge in [0, 0.05) is 36.1 Å². The molecular weight excluding hydrogens is 354 g/mol. The van der Waals surface area contributed by atoms with Crippen LogP contribution in [0.25, 0.3) is 22.3 Å². The lowest BCUT2D eigenvalue weighted by Crippen LogP contribution is -2.38. The molecule has 2 aliphatic rings. The summed E-state index contributed by atoms with van der Waals surface area (Å²) >= 11 is 0. The maximum absolute atomic E-state index is 12.6. The van der Waals surface area contributed by atoms with Crippen molar-refractivity contribution in [1.29, 1.82) is 0 Å². The fourth-order valence-electron chi connectivity index (χ4n) is 4.27. The Kier molecular flexibility index (Phi) is 4.62. The molecule has 28 heavy (non-hydrogen) atoms. The quantitative estimate of drug-likeness (QED) is 0.593. The number of carbonyl (C=O) groups is 1. The number of benzene rings is 1.